The van der Waals surface area contributed by atoms with E-state index in [4.69, 9.17) is 21.1 Å². The SMILES string of the molecule is CCOC(=O)c1c(C)[nH]c(C)c1C(=O)COC(=O)CNC(=O)c1ccc(Cl)cc1. The fourth-order valence-electron chi connectivity index (χ4n) is 2.71. The summed E-state index contributed by atoms with van der Waals surface area (Å²) in [7, 11) is 0. The Morgan fingerprint density at radius 3 is 2.24 bits per heavy atom. The lowest BCUT2D eigenvalue weighted by Gasteiger charge is -2.08. The summed E-state index contributed by atoms with van der Waals surface area (Å²) in [4.78, 5) is 51.4. The van der Waals surface area contributed by atoms with Crippen molar-refractivity contribution in [2.24, 2.45) is 0 Å². The fraction of sp³-hybridized carbons (Fsp3) is 0.300. The molecular weight excluding hydrogens is 400 g/mol. The molecule has 0 saturated heterocycles. The van der Waals surface area contributed by atoms with Crippen LogP contribution in [-0.4, -0.2) is 48.4 Å². The highest BCUT2D eigenvalue weighted by Gasteiger charge is 2.26. The van der Waals surface area contributed by atoms with Crippen molar-refractivity contribution in [1.82, 2.24) is 10.3 Å². The van der Waals surface area contributed by atoms with Crippen molar-refractivity contribution in [2.75, 3.05) is 19.8 Å². The second-order valence-electron chi connectivity index (χ2n) is 6.12. The van der Waals surface area contributed by atoms with Crippen molar-refractivity contribution in [3.63, 3.8) is 0 Å². The molecule has 29 heavy (non-hydrogen) atoms. The van der Waals surface area contributed by atoms with Crippen molar-refractivity contribution in [2.45, 2.75) is 20.8 Å². The average Bonchev–Trinajstić information content (AvgIpc) is 2.98. The number of H-pyrrole nitrogens is 1. The van der Waals surface area contributed by atoms with Crippen LogP contribution < -0.4 is 5.32 Å². The molecular formula is C20H21ClN2O6. The van der Waals surface area contributed by atoms with Gasteiger partial charge >= 0.3 is 11.9 Å². The number of aryl methyl sites for hydroxylation is 2. The average molecular weight is 421 g/mol. The zero-order valence-corrected chi connectivity index (χ0v) is 17.0. The van der Waals surface area contributed by atoms with Gasteiger partial charge in [-0.2, -0.15) is 0 Å². The lowest BCUT2D eigenvalue weighted by Crippen LogP contribution is -2.31. The van der Waals surface area contributed by atoms with Crippen LogP contribution in [0.4, 0.5) is 0 Å². The Labute approximate surface area is 172 Å². The molecule has 0 unspecified atom stereocenters. The molecule has 0 aliphatic heterocycles. The number of aromatic amines is 1. The molecule has 1 amide bonds. The highest BCUT2D eigenvalue weighted by atomic mass is 35.5. The summed E-state index contributed by atoms with van der Waals surface area (Å²) in [6, 6.07) is 6.13. The predicted octanol–water partition coefficient (Wildman–Crippen LogP) is 2.62. The van der Waals surface area contributed by atoms with Crippen LogP contribution in [0, 0.1) is 13.8 Å². The fourth-order valence-corrected chi connectivity index (χ4v) is 2.84. The van der Waals surface area contributed by atoms with Crippen molar-refractivity contribution in [3.8, 4) is 0 Å². The Kier molecular flexibility index (Phi) is 7.55. The number of amides is 1. The van der Waals surface area contributed by atoms with E-state index in [1.54, 1.807) is 32.9 Å². The lowest BCUT2D eigenvalue weighted by atomic mass is 10.1. The number of hydrogen-bond acceptors (Lipinski definition) is 6. The Balaban J connectivity index is 1.93. The number of aromatic nitrogens is 1. The minimum Gasteiger partial charge on any atom is -0.462 e. The van der Waals surface area contributed by atoms with Crippen LogP contribution in [-0.2, 0) is 14.3 Å². The molecule has 0 bridgehead atoms. The molecule has 9 heteroatoms. The molecule has 0 fully saturated rings. The van der Waals surface area contributed by atoms with E-state index in [1.165, 1.54) is 12.1 Å². The van der Waals surface area contributed by atoms with Gasteiger partial charge in [0.25, 0.3) is 5.91 Å². The van der Waals surface area contributed by atoms with Gasteiger partial charge in [0, 0.05) is 22.0 Å². The number of benzene rings is 1. The number of halogens is 1. The molecule has 1 heterocycles. The first-order valence-electron chi connectivity index (χ1n) is 8.83. The first-order chi connectivity index (χ1) is 13.7. The largest absolute Gasteiger partial charge is 0.462 e. The lowest BCUT2D eigenvalue weighted by molar-refractivity contribution is -0.141. The summed E-state index contributed by atoms with van der Waals surface area (Å²) >= 11 is 5.76. The summed E-state index contributed by atoms with van der Waals surface area (Å²) < 4.78 is 9.91. The van der Waals surface area contributed by atoms with Gasteiger partial charge in [0.05, 0.1) is 17.7 Å². The van der Waals surface area contributed by atoms with Crippen LogP contribution >= 0.6 is 11.6 Å². The third-order valence-electron chi connectivity index (χ3n) is 4.00. The molecule has 0 aliphatic carbocycles. The second kappa shape index (κ2) is 9.88. The predicted molar refractivity (Wildman–Crippen MR) is 105 cm³/mol. The molecule has 0 saturated carbocycles. The van der Waals surface area contributed by atoms with Gasteiger partial charge in [0.1, 0.15) is 6.54 Å². The Hall–Kier alpha value is -3.13. The van der Waals surface area contributed by atoms with Crippen molar-refractivity contribution < 1.29 is 28.7 Å². The number of ketones is 1. The number of rotatable bonds is 8. The highest BCUT2D eigenvalue weighted by Crippen LogP contribution is 2.20. The van der Waals surface area contributed by atoms with Gasteiger partial charge in [0.2, 0.25) is 5.78 Å². The zero-order chi connectivity index (χ0) is 21.6. The van der Waals surface area contributed by atoms with E-state index in [1.807, 2.05) is 0 Å². The summed E-state index contributed by atoms with van der Waals surface area (Å²) in [5.41, 5.74) is 1.55. The van der Waals surface area contributed by atoms with E-state index in [0.29, 0.717) is 22.0 Å². The van der Waals surface area contributed by atoms with Crippen LogP contribution in [0.5, 0.6) is 0 Å². The van der Waals surface area contributed by atoms with Gasteiger partial charge in [-0.25, -0.2) is 4.79 Å². The van der Waals surface area contributed by atoms with Gasteiger partial charge in [-0.15, -0.1) is 0 Å². The monoisotopic (exact) mass is 420 g/mol. The van der Waals surface area contributed by atoms with Gasteiger partial charge in [-0.05, 0) is 45.0 Å². The number of Topliss-reactive ketones (excluding diaryl/α,β-unsaturated/α-hetero) is 1. The standard InChI is InChI=1S/C20H21ClN2O6/c1-4-28-20(27)18-12(3)23-11(2)17(18)15(24)10-29-16(25)9-22-19(26)13-5-7-14(21)8-6-13/h5-8,23H,4,9-10H2,1-3H3,(H,22,26). The molecule has 154 valence electrons. The zero-order valence-electron chi connectivity index (χ0n) is 16.3. The normalized spacial score (nSPS) is 10.3. The molecule has 1 aromatic carbocycles. The number of hydrogen-bond donors (Lipinski definition) is 2. The maximum absolute atomic E-state index is 12.5. The number of carbonyl (C=O) groups is 4. The summed E-state index contributed by atoms with van der Waals surface area (Å²) in [5, 5.41) is 2.88. The van der Waals surface area contributed by atoms with E-state index >= 15 is 0 Å². The topological polar surface area (TPSA) is 115 Å². The van der Waals surface area contributed by atoms with Gasteiger partial charge in [-0.3, -0.25) is 14.4 Å². The minimum absolute atomic E-state index is 0.124. The molecule has 8 nitrogen and oxygen atoms in total. The number of nitrogens with one attached hydrogen (secondary N) is 2. The van der Waals surface area contributed by atoms with Crippen LogP contribution in [0.2, 0.25) is 5.02 Å². The summed E-state index contributed by atoms with van der Waals surface area (Å²) in [5.74, 6) is -2.44. The van der Waals surface area contributed by atoms with Crippen LogP contribution in [0.25, 0.3) is 0 Å². The molecule has 2 N–H and O–H groups in total. The first kappa shape index (κ1) is 22.2. The Bertz CT molecular complexity index is 933. The van der Waals surface area contributed by atoms with Gasteiger partial charge in [-0.1, -0.05) is 11.6 Å². The second-order valence-corrected chi connectivity index (χ2v) is 6.56. The third-order valence-corrected chi connectivity index (χ3v) is 4.25. The van der Waals surface area contributed by atoms with Crippen molar-refractivity contribution >= 4 is 35.2 Å². The molecule has 2 rings (SSSR count). The van der Waals surface area contributed by atoms with E-state index < -0.39 is 36.8 Å². The molecule has 0 spiro atoms. The quantitative estimate of drug-likeness (QED) is 0.501. The van der Waals surface area contributed by atoms with E-state index in [-0.39, 0.29) is 17.7 Å². The van der Waals surface area contributed by atoms with E-state index in [2.05, 4.69) is 10.3 Å². The molecule has 1 aromatic heterocycles. The first-order valence-corrected chi connectivity index (χ1v) is 9.21. The van der Waals surface area contributed by atoms with Gasteiger partial charge in [0.15, 0.2) is 6.61 Å². The van der Waals surface area contributed by atoms with Crippen molar-refractivity contribution in [3.05, 3.63) is 57.4 Å². The van der Waals surface area contributed by atoms with Crippen LogP contribution in [0.15, 0.2) is 24.3 Å². The Morgan fingerprint density at radius 2 is 1.62 bits per heavy atom. The smallest absolute Gasteiger partial charge is 0.340 e. The number of carbonyl (C=O) groups excluding carboxylic acids is 4. The van der Waals surface area contributed by atoms with Crippen molar-refractivity contribution in [1.29, 1.82) is 0 Å². The summed E-state index contributed by atoms with van der Waals surface area (Å²) in [6.07, 6.45) is 0. The highest BCUT2D eigenvalue weighted by molar-refractivity contribution is 6.30. The van der Waals surface area contributed by atoms with Crippen LogP contribution in [0.1, 0.15) is 49.4 Å². The van der Waals surface area contributed by atoms with E-state index in [9.17, 15) is 19.2 Å². The minimum atomic E-state index is -0.789. The molecule has 0 atom stereocenters. The van der Waals surface area contributed by atoms with Crippen LogP contribution in [0.3, 0.4) is 0 Å². The molecule has 2 aromatic rings. The maximum atomic E-state index is 12.5. The Morgan fingerprint density at radius 1 is 1.00 bits per heavy atom. The third kappa shape index (κ3) is 5.68. The molecule has 0 aliphatic rings. The molecule has 0 radical (unpaired) electrons. The summed E-state index contributed by atoms with van der Waals surface area (Å²) in [6.45, 7) is 4.13. The maximum Gasteiger partial charge on any atom is 0.340 e. The van der Waals surface area contributed by atoms with E-state index in [0.717, 1.165) is 0 Å². The number of esters is 2. The number of ether oxygens (including phenoxy) is 2. The van der Waals surface area contributed by atoms with Gasteiger partial charge < -0.3 is 19.8 Å².